The van der Waals surface area contributed by atoms with Gasteiger partial charge >= 0.3 is 6.18 Å². The van der Waals surface area contributed by atoms with E-state index in [0.717, 1.165) is 0 Å². The standard InChI is InChI=1S/C15H19F3N2O2.ClH/c16-15(17,18)9-10-2-1-3-12(8-10)20-14(21)13(19)11-4-6-22-7-5-11;/h1-3,8,11,13H,4-7,9,19H2,(H,20,21);1H. The van der Waals surface area contributed by atoms with Crippen LogP contribution in [0.5, 0.6) is 0 Å². The molecule has 0 radical (unpaired) electrons. The monoisotopic (exact) mass is 352 g/mol. The van der Waals surface area contributed by atoms with Crippen LogP contribution in [0.1, 0.15) is 18.4 Å². The Morgan fingerprint density at radius 3 is 2.61 bits per heavy atom. The molecule has 1 unspecified atom stereocenters. The van der Waals surface area contributed by atoms with Crippen LogP contribution in [-0.4, -0.2) is 31.3 Å². The van der Waals surface area contributed by atoms with E-state index in [4.69, 9.17) is 10.5 Å². The molecule has 4 nitrogen and oxygen atoms in total. The molecule has 0 spiro atoms. The molecule has 8 heteroatoms. The molecule has 3 N–H and O–H groups in total. The Hall–Kier alpha value is -1.31. The number of halogens is 4. The van der Waals surface area contributed by atoms with Gasteiger partial charge in [0, 0.05) is 18.9 Å². The van der Waals surface area contributed by atoms with Gasteiger partial charge in [0.05, 0.1) is 12.5 Å². The first-order valence-electron chi connectivity index (χ1n) is 7.15. The summed E-state index contributed by atoms with van der Waals surface area (Å²) >= 11 is 0. The third kappa shape index (κ3) is 6.37. The van der Waals surface area contributed by atoms with Crippen molar-refractivity contribution in [3.63, 3.8) is 0 Å². The zero-order chi connectivity index (χ0) is 16.2. The number of carbonyl (C=O) groups excluding carboxylic acids is 1. The largest absolute Gasteiger partial charge is 0.393 e. The van der Waals surface area contributed by atoms with Gasteiger partial charge in [0.15, 0.2) is 0 Å². The number of benzene rings is 1. The average molecular weight is 353 g/mol. The molecular weight excluding hydrogens is 333 g/mol. The number of hydrogen-bond donors (Lipinski definition) is 2. The van der Waals surface area contributed by atoms with Crippen LogP contribution in [0.2, 0.25) is 0 Å². The van der Waals surface area contributed by atoms with Gasteiger partial charge in [0.2, 0.25) is 5.91 Å². The maximum atomic E-state index is 12.4. The van der Waals surface area contributed by atoms with E-state index in [1.807, 2.05) is 0 Å². The maximum Gasteiger partial charge on any atom is 0.393 e. The van der Waals surface area contributed by atoms with Gasteiger partial charge in [-0.1, -0.05) is 12.1 Å². The fourth-order valence-electron chi connectivity index (χ4n) is 2.51. The molecule has 1 aromatic carbocycles. The highest BCUT2D eigenvalue weighted by Gasteiger charge is 2.28. The molecule has 1 fully saturated rings. The van der Waals surface area contributed by atoms with Gasteiger partial charge in [0.25, 0.3) is 0 Å². The number of alkyl halides is 3. The summed E-state index contributed by atoms with van der Waals surface area (Å²) in [6.07, 6.45) is -3.88. The van der Waals surface area contributed by atoms with Crippen molar-refractivity contribution in [3.05, 3.63) is 29.8 Å². The second-order valence-electron chi connectivity index (χ2n) is 5.46. The minimum atomic E-state index is -4.28. The SMILES string of the molecule is Cl.NC(C(=O)Nc1cccc(CC(F)(F)F)c1)C1CCOCC1. The molecule has 1 heterocycles. The molecule has 1 aliphatic heterocycles. The van der Waals surface area contributed by atoms with Crippen LogP contribution in [0.15, 0.2) is 24.3 Å². The molecule has 23 heavy (non-hydrogen) atoms. The maximum absolute atomic E-state index is 12.4. The van der Waals surface area contributed by atoms with Crippen molar-refractivity contribution < 1.29 is 22.7 Å². The summed E-state index contributed by atoms with van der Waals surface area (Å²) in [5.74, 6) is -0.344. The van der Waals surface area contributed by atoms with Crippen molar-refractivity contribution in [1.82, 2.24) is 0 Å². The van der Waals surface area contributed by atoms with Gasteiger partial charge < -0.3 is 15.8 Å². The number of anilines is 1. The Morgan fingerprint density at radius 2 is 2.00 bits per heavy atom. The predicted molar refractivity (Wildman–Crippen MR) is 83.6 cm³/mol. The summed E-state index contributed by atoms with van der Waals surface area (Å²) < 4.78 is 42.4. The lowest BCUT2D eigenvalue weighted by Crippen LogP contribution is -2.44. The highest BCUT2D eigenvalue weighted by Crippen LogP contribution is 2.23. The van der Waals surface area contributed by atoms with E-state index in [2.05, 4.69) is 5.32 Å². The number of ether oxygens (including phenoxy) is 1. The van der Waals surface area contributed by atoms with Crippen molar-refractivity contribution in [2.75, 3.05) is 18.5 Å². The third-order valence-electron chi connectivity index (χ3n) is 3.68. The van der Waals surface area contributed by atoms with Crippen molar-refractivity contribution in [2.45, 2.75) is 31.5 Å². The Labute approximate surface area is 139 Å². The molecule has 0 saturated carbocycles. The highest BCUT2D eigenvalue weighted by molar-refractivity contribution is 5.94. The Kier molecular flexibility index (Phi) is 7.31. The summed E-state index contributed by atoms with van der Waals surface area (Å²) in [6, 6.07) is 5.05. The van der Waals surface area contributed by atoms with E-state index < -0.39 is 18.6 Å². The van der Waals surface area contributed by atoms with Gasteiger partial charge in [0.1, 0.15) is 0 Å². The average Bonchev–Trinajstić information content (AvgIpc) is 2.46. The molecule has 1 amide bonds. The minimum absolute atomic E-state index is 0. The molecule has 2 rings (SSSR count). The van der Waals surface area contributed by atoms with Crippen LogP contribution in [0.4, 0.5) is 18.9 Å². The molecule has 1 aliphatic rings. The number of nitrogens with two attached hydrogens (primary N) is 1. The molecule has 1 atom stereocenters. The van der Waals surface area contributed by atoms with Crippen LogP contribution >= 0.6 is 12.4 Å². The molecule has 0 aliphatic carbocycles. The number of nitrogens with one attached hydrogen (secondary N) is 1. The fourth-order valence-corrected chi connectivity index (χ4v) is 2.51. The summed E-state index contributed by atoms with van der Waals surface area (Å²) in [6.45, 7) is 1.15. The highest BCUT2D eigenvalue weighted by atomic mass is 35.5. The first-order chi connectivity index (χ1) is 10.3. The van der Waals surface area contributed by atoms with Crippen molar-refractivity contribution in [2.24, 2.45) is 11.7 Å². The van der Waals surface area contributed by atoms with Gasteiger partial charge in [-0.2, -0.15) is 13.2 Å². The Bertz CT molecular complexity index is 520. The lowest BCUT2D eigenvalue weighted by atomic mass is 9.92. The van der Waals surface area contributed by atoms with Crippen LogP contribution < -0.4 is 11.1 Å². The van der Waals surface area contributed by atoms with Crippen molar-refractivity contribution in [1.29, 1.82) is 0 Å². The van der Waals surface area contributed by atoms with Crippen LogP contribution in [-0.2, 0) is 16.0 Å². The predicted octanol–water partition coefficient (Wildman–Crippen LogP) is 2.91. The third-order valence-corrected chi connectivity index (χ3v) is 3.68. The first kappa shape index (κ1) is 19.7. The van der Waals surface area contributed by atoms with Crippen LogP contribution in [0, 0.1) is 5.92 Å². The van der Waals surface area contributed by atoms with E-state index in [-0.39, 0.29) is 29.8 Å². The number of hydrogen-bond acceptors (Lipinski definition) is 3. The van der Waals surface area contributed by atoms with E-state index in [1.54, 1.807) is 6.07 Å². The molecule has 0 aromatic heterocycles. The molecule has 1 aromatic rings. The van der Waals surface area contributed by atoms with E-state index in [0.29, 0.717) is 31.7 Å². The second kappa shape index (κ2) is 8.52. The first-order valence-corrected chi connectivity index (χ1v) is 7.15. The summed E-state index contributed by atoms with van der Waals surface area (Å²) in [7, 11) is 0. The Morgan fingerprint density at radius 1 is 1.35 bits per heavy atom. The van der Waals surface area contributed by atoms with Crippen molar-refractivity contribution >= 4 is 24.0 Å². The number of amides is 1. The van der Waals surface area contributed by atoms with E-state index in [9.17, 15) is 18.0 Å². The number of carbonyl (C=O) groups is 1. The lowest BCUT2D eigenvalue weighted by Gasteiger charge is -2.26. The Balaban J connectivity index is 0.00000264. The van der Waals surface area contributed by atoms with Gasteiger partial charge in [-0.05, 0) is 36.5 Å². The molecule has 0 bridgehead atoms. The zero-order valence-corrected chi connectivity index (χ0v) is 13.3. The minimum Gasteiger partial charge on any atom is -0.381 e. The molecule has 1 saturated heterocycles. The smallest absolute Gasteiger partial charge is 0.381 e. The van der Waals surface area contributed by atoms with Crippen LogP contribution in [0.3, 0.4) is 0 Å². The second-order valence-corrected chi connectivity index (χ2v) is 5.46. The van der Waals surface area contributed by atoms with Gasteiger partial charge in [-0.25, -0.2) is 0 Å². The lowest BCUT2D eigenvalue weighted by molar-refractivity contribution is -0.127. The van der Waals surface area contributed by atoms with Gasteiger partial charge in [-0.3, -0.25) is 4.79 Å². The molecule has 130 valence electrons. The normalized spacial score (nSPS) is 17.2. The van der Waals surface area contributed by atoms with Gasteiger partial charge in [-0.15, -0.1) is 12.4 Å². The summed E-state index contributed by atoms with van der Waals surface area (Å²) in [5.41, 5.74) is 6.36. The summed E-state index contributed by atoms with van der Waals surface area (Å²) in [5, 5.41) is 2.59. The van der Waals surface area contributed by atoms with E-state index >= 15 is 0 Å². The molecular formula is C15H20ClF3N2O2. The van der Waals surface area contributed by atoms with Crippen molar-refractivity contribution in [3.8, 4) is 0 Å². The fraction of sp³-hybridized carbons (Fsp3) is 0.533. The van der Waals surface area contributed by atoms with Crippen LogP contribution in [0.25, 0.3) is 0 Å². The number of rotatable bonds is 4. The summed E-state index contributed by atoms with van der Waals surface area (Å²) in [4.78, 5) is 12.1. The zero-order valence-electron chi connectivity index (χ0n) is 12.4. The topological polar surface area (TPSA) is 64.4 Å². The quantitative estimate of drug-likeness (QED) is 0.875. The van der Waals surface area contributed by atoms with E-state index in [1.165, 1.54) is 18.2 Å².